The van der Waals surface area contributed by atoms with Crippen LogP contribution >= 0.6 is 0 Å². The van der Waals surface area contributed by atoms with Crippen LogP contribution in [0.1, 0.15) is 86.5 Å². The lowest BCUT2D eigenvalue weighted by molar-refractivity contribution is -0.142. The van der Waals surface area contributed by atoms with Crippen LogP contribution in [0.5, 0.6) is 11.6 Å². The third kappa shape index (κ3) is 10.3. The number of nitrogens with one attached hydrogen (secondary N) is 3. The molecular weight excluding hydrogens is 853 g/mol. The molecule has 2 aromatic rings. The molecule has 5 aliphatic rings. The summed E-state index contributed by atoms with van der Waals surface area (Å²) in [6.45, 7) is 12.2. The number of piperazine rings is 1. The number of nitrogens with zero attached hydrogens (tertiary/aromatic N) is 4. The number of hydrogen-bond acceptors (Lipinski definition) is 12. The quantitative estimate of drug-likeness (QED) is 0.278. The summed E-state index contributed by atoms with van der Waals surface area (Å²) in [6.07, 6.45) is 4.36. The number of pyridine rings is 1. The van der Waals surface area contributed by atoms with Crippen molar-refractivity contribution < 1.29 is 50.6 Å². The molecule has 4 heterocycles. The first-order chi connectivity index (χ1) is 30.1. The van der Waals surface area contributed by atoms with Crippen molar-refractivity contribution >= 4 is 50.3 Å². The molecule has 3 aliphatic heterocycles. The van der Waals surface area contributed by atoms with Gasteiger partial charge in [-0.2, -0.15) is 0 Å². The van der Waals surface area contributed by atoms with Gasteiger partial charge in [-0.3, -0.25) is 24.0 Å². The number of aromatic nitrogens is 1. The molecule has 2 aliphatic carbocycles. The number of alkyl halides is 2. The van der Waals surface area contributed by atoms with Gasteiger partial charge in [0.25, 0.3) is 12.3 Å². The van der Waals surface area contributed by atoms with E-state index in [1.54, 1.807) is 52.0 Å². The van der Waals surface area contributed by atoms with E-state index < -0.39 is 86.2 Å². The van der Waals surface area contributed by atoms with Crippen LogP contribution < -0.4 is 29.7 Å². The SMILES string of the molecule is COc1ccc2c(O[C@@H]3C[C@H]4C(=O)N[C@]5(C(=O)NS(=O)(=O)C6(C)CC6)C[C@H]5/C=C\CC[C@@H](C)C[C@@H](C)[C@H](NC(=O)OC(C)(C)C)C(=O)N4C3)ncc(N3CCN(CC(F)F)CC3)c2c1. The Morgan fingerprint density at radius 2 is 1.78 bits per heavy atom. The van der Waals surface area contributed by atoms with Gasteiger partial charge in [0.05, 0.1) is 36.8 Å². The first kappa shape index (κ1) is 47.2. The van der Waals surface area contributed by atoms with Crippen molar-refractivity contribution in [2.24, 2.45) is 17.8 Å². The molecular formula is C45H63F2N7O9S. The first-order valence-corrected chi connectivity index (χ1v) is 23.8. The van der Waals surface area contributed by atoms with Crippen LogP contribution in [0.15, 0.2) is 36.5 Å². The van der Waals surface area contributed by atoms with Gasteiger partial charge in [0, 0.05) is 49.3 Å². The number of alkyl carbamates (subject to hydrolysis) is 1. The molecule has 4 amide bonds. The number of carbonyl (C=O) groups is 4. The molecule has 0 radical (unpaired) electrons. The van der Waals surface area contributed by atoms with Crippen LogP contribution in [-0.2, 0) is 29.1 Å². The molecule has 2 saturated carbocycles. The number of carbonyl (C=O) groups excluding carboxylic acids is 4. The fourth-order valence-electron chi connectivity index (χ4n) is 9.21. The summed E-state index contributed by atoms with van der Waals surface area (Å²) in [6, 6.07) is 3.12. The van der Waals surface area contributed by atoms with Gasteiger partial charge in [-0.25, -0.2) is 27.0 Å². The molecule has 1 aromatic carbocycles. The number of fused-ring (bicyclic) bond motifs is 3. The van der Waals surface area contributed by atoms with Crippen molar-refractivity contribution in [1.29, 1.82) is 0 Å². The van der Waals surface area contributed by atoms with E-state index in [0.29, 0.717) is 63.0 Å². The largest absolute Gasteiger partial charge is 0.497 e. The number of halogens is 2. The average Bonchev–Trinajstić information content (AvgIpc) is 4.10. The highest BCUT2D eigenvalue weighted by atomic mass is 32.2. The van der Waals surface area contributed by atoms with Crippen LogP contribution in [0.3, 0.4) is 0 Å². The molecule has 7 rings (SSSR count). The summed E-state index contributed by atoms with van der Waals surface area (Å²) >= 11 is 0. The number of rotatable bonds is 10. The van der Waals surface area contributed by atoms with Gasteiger partial charge in [-0.05, 0) is 96.3 Å². The number of anilines is 1. The summed E-state index contributed by atoms with van der Waals surface area (Å²) in [5.41, 5.74) is -1.67. The molecule has 2 saturated heterocycles. The fraction of sp³-hybridized carbons (Fsp3) is 0.667. The number of amides is 4. The van der Waals surface area contributed by atoms with Gasteiger partial charge >= 0.3 is 6.09 Å². The molecule has 3 N–H and O–H groups in total. The Balaban J connectivity index is 1.21. The van der Waals surface area contributed by atoms with E-state index in [9.17, 15) is 36.4 Å². The molecule has 4 fully saturated rings. The number of allylic oxidation sites excluding steroid dienone is 1. The fourth-order valence-corrected chi connectivity index (χ4v) is 10.5. The summed E-state index contributed by atoms with van der Waals surface area (Å²) in [7, 11) is -2.49. The third-order valence-corrected chi connectivity index (χ3v) is 15.5. The Morgan fingerprint density at radius 3 is 2.44 bits per heavy atom. The smallest absolute Gasteiger partial charge is 0.408 e. The Morgan fingerprint density at radius 1 is 1.06 bits per heavy atom. The minimum atomic E-state index is -4.04. The monoisotopic (exact) mass is 915 g/mol. The predicted molar refractivity (Wildman–Crippen MR) is 236 cm³/mol. The Kier molecular flexibility index (Phi) is 13.5. The first-order valence-electron chi connectivity index (χ1n) is 22.4. The number of benzene rings is 1. The number of sulfonamides is 1. The number of hydrogen-bond donors (Lipinski definition) is 3. The topological polar surface area (TPSA) is 189 Å². The van der Waals surface area contributed by atoms with Crippen molar-refractivity contribution in [3.63, 3.8) is 0 Å². The second-order valence-electron chi connectivity index (χ2n) is 19.6. The zero-order valence-electron chi connectivity index (χ0n) is 37.8. The number of ether oxygens (including phenoxy) is 3. The minimum absolute atomic E-state index is 0.0245. The lowest BCUT2D eigenvalue weighted by Crippen LogP contribution is -2.59. The lowest BCUT2D eigenvalue weighted by Gasteiger charge is -2.36. The minimum Gasteiger partial charge on any atom is -0.497 e. The van der Waals surface area contributed by atoms with E-state index in [1.807, 2.05) is 31.2 Å². The molecule has 352 valence electrons. The maximum absolute atomic E-state index is 15.0. The summed E-state index contributed by atoms with van der Waals surface area (Å²) < 4.78 is 71.9. The average molecular weight is 916 g/mol. The van der Waals surface area contributed by atoms with E-state index in [-0.39, 0.29) is 37.7 Å². The molecule has 0 spiro atoms. The molecule has 16 nitrogen and oxygen atoms in total. The zero-order valence-corrected chi connectivity index (χ0v) is 38.6. The van der Waals surface area contributed by atoms with E-state index in [1.165, 1.54) is 4.90 Å². The maximum Gasteiger partial charge on any atom is 0.408 e. The summed E-state index contributed by atoms with van der Waals surface area (Å²) in [5, 5.41) is 7.08. The van der Waals surface area contributed by atoms with Crippen LogP contribution in [0.2, 0.25) is 0 Å². The van der Waals surface area contributed by atoms with Gasteiger partial charge in [0.15, 0.2) is 0 Å². The third-order valence-electron chi connectivity index (χ3n) is 13.3. The van der Waals surface area contributed by atoms with Gasteiger partial charge in [0.1, 0.15) is 35.1 Å². The zero-order chi connectivity index (χ0) is 46.4. The van der Waals surface area contributed by atoms with Crippen molar-refractivity contribution in [3.8, 4) is 11.6 Å². The summed E-state index contributed by atoms with van der Waals surface area (Å²) in [5.74, 6) is -2.00. The highest BCUT2D eigenvalue weighted by Crippen LogP contribution is 2.48. The van der Waals surface area contributed by atoms with Gasteiger partial charge in [0.2, 0.25) is 27.7 Å². The predicted octanol–water partition coefficient (Wildman–Crippen LogP) is 4.76. The Bertz CT molecular complexity index is 2250. The van der Waals surface area contributed by atoms with Crippen LogP contribution in [0.25, 0.3) is 10.8 Å². The highest BCUT2D eigenvalue weighted by molar-refractivity contribution is 7.91. The molecule has 7 atom stereocenters. The van der Waals surface area contributed by atoms with E-state index in [4.69, 9.17) is 19.2 Å². The molecule has 19 heteroatoms. The Labute approximate surface area is 374 Å². The van der Waals surface area contributed by atoms with E-state index >= 15 is 0 Å². The van der Waals surface area contributed by atoms with Crippen LogP contribution in [0, 0.1) is 17.8 Å². The van der Waals surface area contributed by atoms with Crippen LogP contribution in [-0.4, -0.2) is 134 Å². The second kappa shape index (κ2) is 18.2. The normalized spacial score (nSPS) is 29.4. The van der Waals surface area contributed by atoms with Crippen molar-refractivity contribution in [2.75, 3.05) is 51.3 Å². The Hall–Kier alpha value is -4.78. The lowest BCUT2D eigenvalue weighted by atomic mass is 9.88. The number of methoxy groups -OCH3 is 1. The van der Waals surface area contributed by atoms with Gasteiger partial charge < -0.3 is 34.6 Å². The highest BCUT2D eigenvalue weighted by Gasteiger charge is 2.63. The molecule has 64 heavy (non-hydrogen) atoms. The molecule has 1 aromatic heterocycles. The van der Waals surface area contributed by atoms with Crippen molar-refractivity contribution in [2.45, 2.75) is 127 Å². The van der Waals surface area contributed by atoms with Crippen molar-refractivity contribution in [3.05, 3.63) is 36.5 Å². The summed E-state index contributed by atoms with van der Waals surface area (Å²) in [4.78, 5) is 67.0. The molecule has 0 unspecified atom stereocenters. The van der Waals surface area contributed by atoms with Gasteiger partial charge in [-0.1, -0.05) is 26.0 Å². The molecule has 0 bridgehead atoms. The standard InChI is InChI=1S/C45H63F2N7O9S/c1-27-10-8-9-11-29-23-45(29,41(57)51-64(59,60)44(6)14-15-44)50-38(55)34-22-31(25-54(34)40(56)37(28(2)20-27)49-42(58)63-43(3,4)5)62-39-32-13-12-30(61-7)21-33(32)35(24-48-39)53-18-16-52(17-19-53)26-36(46)47/h9,11-13,21,24,27-29,31,34,36-37H,8,10,14-20,22-23,25-26H2,1-7H3,(H,49,58)(H,50,55)(H,51,57)/b11-9-/t27-,28-,29-,31-,34+,37+,45-/m1/s1. The second-order valence-corrected chi connectivity index (χ2v) is 21.8. The van der Waals surface area contributed by atoms with E-state index in [2.05, 4.69) is 27.2 Å². The van der Waals surface area contributed by atoms with E-state index in [0.717, 1.165) is 17.5 Å². The van der Waals surface area contributed by atoms with Gasteiger partial charge in [-0.15, -0.1) is 0 Å². The van der Waals surface area contributed by atoms with Crippen LogP contribution in [0.4, 0.5) is 19.3 Å². The van der Waals surface area contributed by atoms with Crippen molar-refractivity contribution in [1.82, 2.24) is 30.1 Å². The maximum atomic E-state index is 15.0.